The highest BCUT2D eigenvalue weighted by molar-refractivity contribution is 7.80. The van der Waals surface area contributed by atoms with Crippen molar-refractivity contribution >= 4 is 40.3 Å². The lowest BCUT2D eigenvalue weighted by molar-refractivity contribution is 0.395. The molecule has 0 unspecified atom stereocenters. The Morgan fingerprint density at radius 3 is 2.75 bits per heavy atom. The smallest absolute Gasteiger partial charge is 0.175 e. The van der Waals surface area contributed by atoms with E-state index in [2.05, 4.69) is 15.7 Å². The minimum Gasteiger partial charge on any atom is -0.497 e. The zero-order valence-corrected chi connectivity index (χ0v) is 16.8. The first-order chi connectivity index (χ1) is 13.5. The molecular weight excluding hydrogens is 403 g/mol. The third-order valence-corrected chi connectivity index (χ3v) is 4.49. The van der Waals surface area contributed by atoms with Crippen molar-refractivity contribution in [2.75, 3.05) is 24.9 Å². The highest BCUT2D eigenvalue weighted by Gasteiger charge is 2.10. The van der Waals surface area contributed by atoms with Crippen molar-refractivity contribution in [3.05, 3.63) is 65.2 Å². The van der Waals surface area contributed by atoms with Gasteiger partial charge in [0.15, 0.2) is 5.11 Å². The zero-order chi connectivity index (χ0) is 20.1. The van der Waals surface area contributed by atoms with Gasteiger partial charge in [-0.2, -0.15) is 5.10 Å². The molecule has 6 nitrogen and oxygen atoms in total. The molecule has 0 atom stereocenters. The summed E-state index contributed by atoms with van der Waals surface area (Å²) in [5.74, 6) is 0.893. The predicted molar refractivity (Wildman–Crippen MR) is 112 cm³/mol. The fourth-order valence-corrected chi connectivity index (χ4v) is 3.00. The van der Waals surface area contributed by atoms with Crippen molar-refractivity contribution < 1.29 is 13.9 Å². The highest BCUT2D eigenvalue weighted by Crippen LogP contribution is 2.29. The second-order valence-electron chi connectivity index (χ2n) is 5.77. The average Bonchev–Trinajstić information content (AvgIpc) is 3.12. The molecule has 146 valence electrons. The fourth-order valence-electron chi connectivity index (χ4n) is 2.55. The molecule has 3 rings (SSSR count). The second-order valence-corrected chi connectivity index (χ2v) is 6.59. The molecule has 1 aromatic heterocycles. The number of nitrogens with one attached hydrogen (secondary N) is 2. The number of thiocarbonyl (C=S) groups is 1. The van der Waals surface area contributed by atoms with Gasteiger partial charge in [0.05, 0.1) is 38.3 Å². The molecule has 0 radical (unpaired) electrons. The number of nitrogens with zero attached hydrogens (tertiary/aromatic N) is 2. The summed E-state index contributed by atoms with van der Waals surface area (Å²) in [6.45, 7) is 0.208. The highest BCUT2D eigenvalue weighted by atomic mass is 35.5. The van der Waals surface area contributed by atoms with Crippen LogP contribution < -0.4 is 20.1 Å². The van der Waals surface area contributed by atoms with Crippen molar-refractivity contribution in [1.29, 1.82) is 0 Å². The molecule has 0 spiro atoms. The van der Waals surface area contributed by atoms with E-state index >= 15 is 0 Å². The van der Waals surface area contributed by atoms with Gasteiger partial charge in [-0.05, 0) is 36.5 Å². The van der Waals surface area contributed by atoms with Crippen molar-refractivity contribution in [2.45, 2.75) is 6.54 Å². The number of methoxy groups -OCH3 is 2. The summed E-state index contributed by atoms with van der Waals surface area (Å²) in [5, 5.41) is 11.0. The van der Waals surface area contributed by atoms with E-state index in [9.17, 15) is 4.39 Å². The Balaban J connectivity index is 1.66. The summed E-state index contributed by atoms with van der Waals surface area (Å²) >= 11 is 11.4. The molecule has 0 bridgehead atoms. The van der Waals surface area contributed by atoms with Crippen LogP contribution in [0, 0.1) is 5.82 Å². The molecule has 9 heteroatoms. The Hall–Kier alpha value is -2.84. The van der Waals surface area contributed by atoms with Crippen LogP contribution in [0.4, 0.5) is 15.8 Å². The van der Waals surface area contributed by atoms with Crippen LogP contribution >= 0.6 is 23.8 Å². The van der Waals surface area contributed by atoms with Crippen LogP contribution in [0.1, 0.15) is 5.56 Å². The van der Waals surface area contributed by atoms with Crippen LogP contribution in [-0.4, -0.2) is 29.1 Å². The normalized spacial score (nSPS) is 10.4. The molecule has 0 saturated carbocycles. The Kier molecular flexibility index (Phi) is 6.33. The number of benzene rings is 2. The number of halogens is 2. The van der Waals surface area contributed by atoms with E-state index in [4.69, 9.17) is 33.3 Å². The van der Waals surface area contributed by atoms with Gasteiger partial charge >= 0.3 is 0 Å². The molecule has 1 heterocycles. The predicted octanol–water partition coefficient (Wildman–Crippen LogP) is 4.55. The van der Waals surface area contributed by atoms with Crippen LogP contribution in [0.25, 0.3) is 0 Å². The first kappa shape index (κ1) is 19.9. The number of rotatable bonds is 6. The molecule has 28 heavy (non-hydrogen) atoms. The molecule has 0 fully saturated rings. The maximum absolute atomic E-state index is 13.9. The third kappa shape index (κ3) is 4.71. The van der Waals surface area contributed by atoms with E-state index in [1.165, 1.54) is 6.07 Å². The number of aromatic nitrogens is 2. The van der Waals surface area contributed by atoms with E-state index in [-0.39, 0.29) is 12.4 Å². The first-order valence-corrected chi connectivity index (χ1v) is 9.04. The molecule has 0 amide bonds. The van der Waals surface area contributed by atoms with Crippen molar-refractivity contribution in [2.24, 2.45) is 0 Å². The van der Waals surface area contributed by atoms with E-state index < -0.39 is 0 Å². The standard InChI is InChI=1S/C19H18ClFN4O2S/c1-26-13-6-7-17(18(8-13)27-2)24-19(28)23-12-9-22-25(10-12)11-14-15(20)4-3-5-16(14)21/h3-10H,11H2,1-2H3,(H2,23,24,28). The van der Waals surface area contributed by atoms with Crippen LogP contribution in [0.5, 0.6) is 11.5 Å². The first-order valence-electron chi connectivity index (χ1n) is 8.25. The average molecular weight is 421 g/mol. The van der Waals surface area contributed by atoms with Gasteiger partial charge in [0, 0.05) is 22.8 Å². The largest absolute Gasteiger partial charge is 0.497 e. The minimum atomic E-state index is -0.374. The monoisotopic (exact) mass is 420 g/mol. The molecular formula is C19H18ClFN4O2S. The fraction of sp³-hybridized carbons (Fsp3) is 0.158. The quantitative estimate of drug-likeness (QED) is 0.570. The van der Waals surface area contributed by atoms with Crippen LogP contribution in [-0.2, 0) is 6.54 Å². The molecule has 3 aromatic rings. The van der Waals surface area contributed by atoms with Crippen molar-refractivity contribution in [3.8, 4) is 11.5 Å². The summed E-state index contributed by atoms with van der Waals surface area (Å²) in [6.07, 6.45) is 3.30. The lowest BCUT2D eigenvalue weighted by Crippen LogP contribution is -2.19. The summed E-state index contributed by atoms with van der Waals surface area (Å²) in [4.78, 5) is 0. The van der Waals surface area contributed by atoms with E-state index in [1.807, 2.05) is 0 Å². The molecule has 2 aromatic carbocycles. The number of hydrogen-bond donors (Lipinski definition) is 2. The third-order valence-electron chi connectivity index (χ3n) is 3.93. The lowest BCUT2D eigenvalue weighted by Gasteiger charge is -2.13. The lowest BCUT2D eigenvalue weighted by atomic mass is 10.2. The second kappa shape index (κ2) is 8.90. The summed E-state index contributed by atoms with van der Waals surface area (Å²) in [7, 11) is 3.15. The van der Waals surface area contributed by atoms with Gasteiger partial charge in [0.2, 0.25) is 0 Å². The number of hydrogen-bond acceptors (Lipinski definition) is 4. The van der Waals surface area contributed by atoms with Gasteiger partial charge in [0.1, 0.15) is 17.3 Å². The van der Waals surface area contributed by atoms with Gasteiger partial charge in [-0.1, -0.05) is 17.7 Å². The Morgan fingerprint density at radius 1 is 1.21 bits per heavy atom. The van der Waals surface area contributed by atoms with E-state index in [1.54, 1.807) is 61.6 Å². The van der Waals surface area contributed by atoms with Gasteiger partial charge in [0.25, 0.3) is 0 Å². The maximum Gasteiger partial charge on any atom is 0.175 e. The SMILES string of the molecule is COc1ccc(NC(=S)Nc2cnn(Cc3c(F)cccc3Cl)c2)c(OC)c1. The van der Waals surface area contributed by atoms with E-state index in [0.717, 1.165) is 0 Å². The molecule has 0 aliphatic heterocycles. The summed E-state index contributed by atoms with van der Waals surface area (Å²) < 4.78 is 26.0. The molecule has 0 saturated heterocycles. The summed E-state index contributed by atoms with van der Waals surface area (Å²) in [5.41, 5.74) is 1.71. The topological polar surface area (TPSA) is 60.3 Å². The van der Waals surface area contributed by atoms with Gasteiger partial charge in [-0.25, -0.2) is 4.39 Å². The van der Waals surface area contributed by atoms with Crippen LogP contribution in [0.2, 0.25) is 5.02 Å². The minimum absolute atomic E-state index is 0.208. The Labute approximate surface area is 172 Å². The van der Waals surface area contributed by atoms with Gasteiger partial charge < -0.3 is 20.1 Å². The Morgan fingerprint density at radius 2 is 2.04 bits per heavy atom. The van der Waals surface area contributed by atoms with Crippen molar-refractivity contribution in [3.63, 3.8) is 0 Å². The van der Waals surface area contributed by atoms with Crippen LogP contribution in [0.3, 0.4) is 0 Å². The van der Waals surface area contributed by atoms with Crippen LogP contribution in [0.15, 0.2) is 48.8 Å². The number of ether oxygens (including phenoxy) is 2. The maximum atomic E-state index is 13.9. The molecule has 0 aliphatic carbocycles. The molecule has 2 N–H and O–H groups in total. The zero-order valence-electron chi connectivity index (χ0n) is 15.2. The van der Waals surface area contributed by atoms with Gasteiger partial charge in [-0.3, -0.25) is 4.68 Å². The molecule has 0 aliphatic rings. The van der Waals surface area contributed by atoms with E-state index in [0.29, 0.717) is 38.6 Å². The van der Waals surface area contributed by atoms with Crippen molar-refractivity contribution in [1.82, 2.24) is 9.78 Å². The number of anilines is 2. The summed E-state index contributed by atoms with van der Waals surface area (Å²) in [6, 6.07) is 9.92. The Bertz CT molecular complexity index is 976. The van der Waals surface area contributed by atoms with Gasteiger partial charge in [-0.15, -0.1) is 0 Å².